The van der Waals surface area contributed by atoms with Crippen LogP contribution >= 0.6 is 0 Å². The second-order valence-electron chi connectivity index (χ2n) is 8.14. The predicted octanol–water partition coefficient (Wildman–Crippen LogP) is 6.28. The molecule has 6 nitrogen and oxygen atoms in total. The predicted molar refractivity (Wildman–Crippen MR) is 142 cm³/mol. The molecule has 3 N–H and O–H groups in total. The lowest BCUT2D eigenvalue weighted by atomic mass is 10.1. The molecule has 0 aliphatic heterocycles. The fourth-order valence-corrected chi connectivity index (χ4v) is 3.38. The molecule has 0 saturated heterocycles. The van der Waals surface area contributed by atoms with E-state index in [0.29, 0.717) is 12.2 Å². The number of hydrogen-bond acceptors (Lipinski definition) is 5. The zero-order chi connectivity index (χ0) is 24.9. The molecule has 4 aromatic rings. The number of para-hydroxylation sites is 1. The molecule has 0 bridgehead atoms. The van der Waals surface area contributed by atoms with Crippen LogP contribution in [0.5, 0.6) is 0 Å². The van der Waals surface area contributed by atoms with E-state index < -0.39 is 12.0 Å². The van der Waals surface area contributed by atoms with Crippen molar-refractivity contribution >= 4 is 17.5 Å². The van der Waals surface area contributed by atoms with Gasteiger partial charge in [-0.05, 0) is 23.3 Å². The molecular formula is C29H32N4O2. The van der Waals surface area contributed by atoms with E-state index in [1.165, 1.54) is 12.7 Å². The highest BCUT2D eigenvalue weighted by Crippen LogP contribution is 2.21. The number of nitrogens with one attached hydrogen (secondary N) is 2. The normalized spacial score (nSPS) is 11.0. The lowest BCUT2D eigenvalue weighted by molar-refractivity contribution is -0.137. The third-order valence-electron chi connectivity index (χ3n) is 5.09. The van der Waals surface area contributed by atoms with Gasteiger partial charge in [0.25, 0.3) is 0 Å². The van der Waals surface area contributed by atoms with Crippen molar-refractivity contribution < 1.29 is 9.90 Å². The Morgan fingerprint density at radius 3 is 2.11 bits per heavy atom. The number of anilines is 2. The Bertz CT molecular complexity index is 1170. The van der Waals surface area contributed by atoms with Gasteiger partial charge >= 0.3 is 5.97 Å². The molecule has 0 radical (unpaired) electrons. The van der Waals surface area contributed by atoms with Gasteiger partial charge in [0.05, 0.1) is 5.69 Å². The van der Waals surface area contributed by atoms with Crippen LogP contribution in [-0.4, -0.2) is 27.1 Å². The molecule has 4 rings (SSSR count). The maximum atomic E-state index is 11.8. The highest BCUT2D eigenvalue weighted by atomic mass is 16.4. The van der Waals surface area contributed by atoms with E-state index in [0.717, 1.165) is 34.6 Å². The molecular weight excluding hydrogens is 436 g/mol. The topological polar surface area (TPSA) is 87.1 Å². The van der Waals surface area contributed by atoms with Crippen molar-refractivity contribution in [3.63, 3.8) is 0 Å². The first-order chi connectivity index (χ1) is 17.1. The van der Waals surface area contributed by atoms with Crippen molar-refractivity contribution in [2.75, 3.05) is 10.6 Å². The summed E-state index contributed by atoms with van der Waals surface area (Å²) < 4.78 is 0. The molecule has 0 fully saturated rings. The van der Waals surface area contributed by atoms with Gasteiger partial charge in [0, 0.05) is 30.3 Å². The maximum absolute atomic E-state index is 11.8. The second-order valence-corrected chi connectivity index (χ2v) is 8.14. The highest BCUT2D eigenvalue weighted by Gasteiger charge is 2.18. The average molecular weight is 469 g/mol. The monoisotopic (exact) mass is 468 g/mol. The van der Waals surface area contributed by atoms with E-state index >= 15 is 0 Å². The van der Waals surface area contributed by atoms with Crippen molar-refractivity contribution in [1.29, 1.82) is 0 Å². The molecule has 0 saturated carbocycles. The van der Waals surface area contributed by atoms with Crippen LogP contribution in [0.2, 0.25) is 0 Å². The molecule has 1 unspecified atom stereocenters. The van der Waals surface area contributed by atoms with Gasteiger partial charge in [0.15, 0.2) is 0 Å². The van der Waals surface area contributed by atoms with Gasteiger partial charge in [0.2, 0.25) is 0 Å². The summed E-state index contributed by atoms with van der Waals surface area (Å²) in [5.74, 6) is -0.447. The fourth-order valence-electron chi connectivity index (χ4n) is 3.38. The Morgan fingerprint density at radius 1 is 0.857 bits per heavy atom. The fraction of sp³-hybridized carbons (Fsp3) is 0.207. The molecule has 1 heterocycles. The molecule has 180 valence electrons. The summed E-state index contributed by atoms with van der Waals surface area (Å²) in [6.45, 7) is 4.97. The van der Waals surface area contributed by atoms with Crippen molar-refractivity contribution in [3.8, 4) is 11.3 Å². The summed E-state index contributed by atoms with van der Waals surface area (Å²) in [5, 5.41) is 16.1. The number of carbonyl (C=O) groups is 1. The van der Waals surface area contributed by atoms with Gasteiger partial charge in [-0.2, -0.15) is 0 Å². The largest absolute Gasteiger partial charge is 0.480 e. The molecule has 0 aliphatic carbocycles. The van der Waals surface area contributed by atoms with Gasteiger partial charge in [-0.25, -0.2) is 14.8 Å². The minimum Gasteiger partial charge on any atom is -0.480 e. The third kappa shape index (κ3) is 8.27. The van der Waals surface area contributed by atoms with Crippen LogP contribution in [0.25, 0.3) is 11.3 Å². The first-order valence-electron chi connectivity index (χ1n) is 11.8. The second kappa shape index (κ2) is 13.5. The number of rotatable bonds is 9. The number of carboxylic acids is 1. The lowest BCUT2D eigenvalue weighted by Crippen LogP contribution is -2.31. The van der Waals surface area contributed by atoms with E-state index in [9.17, 15) is 9.90 Å². The number of aromatic nitrogens is 2. The molecule has 6 heteroatoms. The Labute approximate surface area is 207 Å². The van der Waals surface area contributed by atoms with Gasteiger partial charge in [-0.3, -0.25) is 0 Å². The Balaban J connectivity index is 0.00000108. The van der Waals surface area contributed by atoms with Crippen molar-refractivity contribution in [1.82, 2.24) is 9.97 Å². The Hall–Kier alpha value is -4.19. The number of carboxylic acid groups (broad SMARTS) is 1. The molecule has 1 aromatic heterocycles. The first kappa shape index (κ1) is 25.4. The summed E-state index contributed by atoms with van der Waals surface area (Å²) in [5.41, 5.74) is 4.84. The quantitative estimate of drug-likeness (QED) is 0.268. The van der Waals surface area contributed by atoms with E-state index in [4.69, 9.17) is 0 Å². The van der Waals surface area contributed by atoms with E-state index in [1.807, 2.05) is 72.8 Å². The Morgan fingerprint density at radius 2 is 1.49 bits per heavy atom. The average Bonchev–Trinajstić information content (AvgIpc) is 2.89. The standard InChI is InChI=1S/C26H24N4O2.C3H8/c31-26(32)24(15-19-7-3-1-4-8-19)30-25-16-23(28-18-29-25)21-13-11-20(12-14-21)17-27-22-9-5-2-6-10-22;1-3-2/h1-14,16,18,24,27H,15,17H2,(H,31,32)(H,28,29,30);3H2,1-2H3. The Kier molecular flexibility index (Phi) is 9.81. The van der Waals surface area contributed by atoms with Gasteiger partial charge in [-0.1, -0.05) is 93.1 Å². The summed E-state index contributed by atoms with van der Waals surface area (Å²) in [6.07, 6.45) is 3.06. The van der Waals surface area contributed by atoms with Crippen LogP contribution in [0.4, 0.5) is 11.5 Å². The van der Waals surface area contributed by atoms with Gasteiger partial charge in [0.1, 0.15) is 18.2 Å². The molecule has 3 aromatic carbocycles. The number of benzene rings is 3. The molecule has 0 amide bonds. The van der Waals surface area contributed by atoms with Gasteiger partial charge in [-0.15, -0.1) is 0 Å². The smallest absolute Gasteiger partial charge is 0.326 e. The van der Waals surface area contributed by atoms with Crippen LogP contribution < -0.4 is 10.6 Å². The summed E-state index contributed by atoms with van der Waals surface area (Å²) in [6, 6.07) is 28.7. The van der Waals surface area contributed by atoms with E-state index in [1.54, 1.807) is 6.07 Å². The molecule has 35 heavy (non-hydrogen) atoms. The van der Waals surface area contributed by atoms with E-state index in [2.05, 4.69) is 46.6 Å². The molecule has 1 atom stereocenters. The van der Waals surface area contributed by atoms with E-state index in [-0.39, 0.29) is 0 Å². The van der Waals surface area contributed by atoms with Crippen molar-refractivity contribution in [2.24, 2.45) is 0 Å². The van der Waals surface area contributed by atoms with Crippen LogP contribution in [0.3, 0.4) is 0 Å². The number of nitrogens with zero attached hydrogens (tertiary/aromatic N) is 2. The summed E-state index contributed by atoms with van der Waals surface area (Å²) in [4.78, 5) is 20.3. The zero-order valence-corrected chi connectivity index (χ0v) is 20.2. The molecule has 0 aliphatic rings. The van der Waals surface area contributed by atoms with Crippen molar-refractivity contribution in [2.45, 2.75) is 39.3 Å². The summed E-state index contributed by atoms with van der Waals surface area (Å²) >= 11 is 0. The number of hydrogen-bond donors (Lipinski definition) is 3. The van der Waals surface area contributed by atoms with Crippen molar-refractivity contribution in [3.05, 3.63) is 108 Å². The molecule has 0 spiro atoms. The maximum Gasteiger partial charge on any atom is 0.326 e. The van der Waals surface area contributed by atoms with Crippen LogP contribution in [0.15, 0.2) is 97.3 Å². The van der Waals surface area contributed by atoms with Crippen LogP contribution in [-0.2, 0) is 17.8 Å². The number of aliphatic carboxylic acids is 1. The lowest BCUT2D eigenvalue weighted by Gasteiger charge is -2.15. The third-order valence-corrected chi connectivity index (χ3v) is 5.09. The summed E-state index contributed by atoms with van der Waals surface area (Å²) in [7, 11) is 0. The van der Waals surface area contributed by atoms with Crippen LogP contribution in [0.1, 0.15) is 31.4 Å². The first-order valence-corrected chi connectivity index (χ1v) is 11.8. The highest BCUT2D eigenvalue weighted by molar-refractivity contribution is 5.77. The van der Waals surface area contributed by atoms with Crippen LogP contribution in [0, 0.1) is 0 Å². The van der Waals surface area contributed by atoms with Gasteiger partial charge < -0.3 is 15.7 Å². The zero-order valence-electron chi connectivity index (χ0n) is 20.2. The minimum atomic E-state index is -0.927. The SMILES string of the molecule is CCC.O=C(O)C(Cc1ccccc1)Nc1cc(-c2ccc(CNc3ccccc3)cc2)ncn1. The minimum absolute atomic E-state index is 0.360.